The number of hydrogen-bond donors (Lipinski definition) is 5. The van der Waals surface area contributed by atoms with E-state index in [1.807, 2.05) is 0 Å². The summed E-state index contributed by atoms with van der Waals surface area (Å²) in [6, 6.07) is 8.08. The van der Waals surface area contributed by atoms with E-state index in [0.717, 1.165) is 0 Å². The fourth-order valence-corrected chi connectivity index (χ4v) is 2.08. The molecule has 28 heavy (non-hydrogen) atoms. The number of nitrogen functional groups attached to an aromatic ring is 1. The van der Waals surface area contributed by atoms with Crippen LogP contribution in [0.5, 0.6) is 0 Å². The van der Waals surface area contributed by atoms with Crippen molar-refractivity contribution in [2.75, 3.05) is 16.6 Å². The molecule has 2 heterocycles. The molecular formula is C17H15FN8O2. The van der Waals surface area contributed by atoms with E-state index in [1.54, 1.807) is 0 Å². The molecule has 0 radical (unpaired) electrons. The number of rotatable bonds is 6. The zero-order valence-electron chi connectivity index (χ0n) is 14.3. The Hall–Kier alpha value is -4.28. The average molecular weight is 382 g/mol. The molecule has 0 aliphatic heterocycles. The Morgan fingerprint density at radius 1 is 0.821 bits per heavy atom. The molecule has 2 aromatic heterocycles. The number of nitrogens with two attached hydrogens (primary N) is 1. The standard InChI is InChI=1S/C17H15FN8O2/c18-12-3-1-10(2-4-12)16(27)25-23-14-13(19)15(22-9-21-14)24-26-17(28)11-5-7-20-8-6-11/h1-9H,19H2,(H,25,27)(H,26,28)(H2,21,22,23,24). The first-order valence-electron chi connectivity index (χ1n) is 7.93. The molecule has 3 rings (SSSR count). The lowest BCUT2D eigenvalue weighted by Gasteiger charge is -2.13. The molecule has 3 aromatic rings. The molecule has 0 aliphatic rings. The Kier molecular flexibility index (Phi) is 5.55. The monoisotopic (exact) mass is 382 g/mol. The van der Waals surface area contributed by atoms with Gasteiger partial charge in [0.2, 0.25) is 0 Å². The second-order valence-corrected chi connectivity index (χ2v) is 5.39. The fraction of sp³-hybridized carbons (Fsp3) is 0. The van der Waals surface area contributed by atoms with Gasteiger partial charge in [-0.2, -0.15) is 0 Å². The average Bonchev–Trinajstić information content (AvgIpc) is 2.73. The van der Waals surface area contributed by atoms with Gasteiger partial charge >= 0.3 is 0 Å². The second-order valence-electron chi connectivity index (χ2n) is 5.39. The lowest BCUT2D eigenvalue weighted by Crippen LogP contribution is -2.32. The molecule has 0 spiro atoms. The van der Waals surface area contributed by atoms with Crippen LogP contribution >= 0.6 is 0 Å². The number of hydrazine groups is 2. The summed E-state index contributed by atoms with van der Waals surface area (Å²) in [7, 11) is 0. The summed E-state index contributed by atoms with van der Waals surface area (Å²) in [6.07, 6.45) is 4.16. The molecule has 142 valence electrons. The number of benzene rings is 1. The number of carbonyl (C=O) groups is 2. The predicted molar refractivity (Wildman–Crippen MR) is 99.3 cm³/mol. The minimum Gasteiger partial charge on any atom is -0.393 e. The van der Waals surface area contributed by atoms with Crippen molar-refractivity contribution in [1.82, 2.24) is 25.8 Å². The van der Waals surface area contributed by atoms with E-state index in [-0.39, 0.29) is 22.9 Å². The van der Waals surface area contributed by atoms with Gasteiger partial charge in [-0.05, 0) is 36.4 Å². The van der Waals surface area contributed by atoms with Crippen LogP contribution in [0.3, 0.4) is 0 Å². The van der Waals surface area contributed by atoms with Crippen molar-refractivity contribution in [3.05, 3.63) is 72.1 Å². The van der Waals surface area contributed by atoms with E-state index in [1.165, 1.54) is 55.1 Å². The van der Waals surface area contributed by atoms with Crippen LogP contribution in [0.15, 0.2) is 55.1 Å². The van der Waals surface area contributed by atoms with Crippen LogP contribution in [0, 0.1) is 5.82 Å². The SMILES string of the molecule is Nc1c(NNC(=O)c2ccncc2)ncnc1NNC(=O)c1ccc(F)cc1. The molecule has 2 amide bonds. The number of pyridine rings is 1. The van der Waals surface area contributed by atoms with Crippen molar-refractivity contribution in [3.63, 3.8) is 0 Å². The zero-order valence-corrected chi connectivity index (χ0v) is 14.3. The third-order valence-corrected chi connectivity index (χ3v) is 3.52. The van der Waals surface area contributed by atoms with Crippen LogP contribution in [0.4, 0.5) is 21.7 Å². The highest BCUT2D eigenvalue weighted by molar-refractivity contribution is 5.96. The van der Waals surface area contributed by atoms with Crippen LogP contribution in [0.25, 0.3) is 0 Å². The van der Waals surface area contributed by atoms with Gasteiger partial charge in [0.05, 0.1) is 0 Å². The first-order valence-corrected chi connectivity index (χ1v) is 7.93. The molecule has 0 atom stereocenters. The van der Waals surface area contributed by atoms with Crippen LogP contribution in [0.2, 0.25) is 0 Å². The number of halogens is 1. The lowest BCUT2D eigenvalue weighted by atomic mass is 10.2. The Balaban J connectivity index is 1.61. The number of nitrogens with one attached hydrogen (secondary N) is 4. The van der Waals surface area contributed by atoms with Gasteiger partial charge in [0.15, 0.2) is 11.6 Å². The Labute approximate surface area is 158 Å². The number of aromatic nitrogens is 3. The topological polar surface area (TPSA) is 147 Å². The summed E-state index contributed by atoms with van der Waals surface area (Å²) in [5.74, 6) is -1.16. The van der Waals surface area contributed by atoms with Gasteiger partial charge in [-0.15, -0.1) is 0 Å². The maximum atomic E-state index is 12.9. The van der Waals surface area contributed by atoms with Gasteiger partial charge in [0.25, 0.3) is 11.8 Å². The number of amides is 2. The van der Waals surface area contributed by atoms with E-state index >= 15 is 0 Å². The molecule has 0 aliphatic carbocycles. The molecule has 0 saturated carbocycles. The normalized spacial score (nSPS) is 10.0. The third-order valence-electron chi connectivity index (χ3n) is 3.52. The Morgan fingerprint density at radius 2 is 1.32 bits per heavy atom. The van der Waals surface area contributed by atoms with Crippen molar-refractivity contribution in [2.24, 2.45) is 0 Å². The molecule has 0 unspecified atom stereocenters. The Bertz CT molecular complexity index is 982. The fourth-order valence-electron chi connectivity index (χ4n) is 2.08. The van der Waals surface area contributed by atoms with Gasteiger partial charge in [-0.3, -0.25) is 36.3 Å². The van der Waals surface area contributed by atoms with Gasteiger partial charge in [0, 0.05) is 23.5 Å². The van der Waals surface area contributed by atoms with E-state index < -0.39 is 17.6 Å². The van der Waals surface area contributed by atoms with Crippen molar-refractivity contribution >= 4 is 29.1 Å². The zero-order chi connectivity index (χ0) is 19.9. The lowest BCUT2D eigenvalue weighted by molar-refractivity contribution is 0.0954. The van der Waals surface area contributed by atoms with E-state index in [2.05, 4.69) is 36.7 Å². The summed E-state index contributed by atoms with van der Waals surface area (Å²) in [5.41, 5.74) is 16.6. The highest BCUT2D eigenvalue weighted by Crippen LogP contribution is 2.21. The summed E-state index contributed by atoms with van der Waals surface area (Å²) in [5, 5.41) is 0. The maximum Gasteiger partial charge on any atom is 0.269 e. The highest BCUT2D eigenvalue weighted by atomic mass is 19.1. The third kappa shape index (κ3) is 4.46. The second kappa shape index (κ2) is 8.40. The summed E-state index contributed by atoms with van der Waals surface area (Å²) < 4.78 is 12.9. The minimum absolute atomic E-state index is 0.0527. The number of carbonyl (C=O) groups excluding carboxylic acids is 2. The molecule has 10 nitrogen and oxygen atoms in total. The van der Waals surface area contributed by atoms with Crippen LogP contribution in [-0.2, 0) is 0 Å². The maximum absolute atomic E-state index is 12.9. The Morgan fingerprint density at radius 3 is 1.86 bits per heavy atom. The molecular weight excluding hydrogens is 367 g/mol. The quantitative estimate of drug-likeness (QED) is 0.398. The summed E-state index contributed by atoms with van der Waals surface area (Å²) in [4.78, 5) is 35.7. The van der Waals surface area contributed by atoms with Crippen molar-refractivity contribution in [2.45, 2.75) is 0 Å². The smallest absolute Gasteiger partial charge is 0.269 e. The predicted octanol–water partition coefficient (Wildman–Crippen LogP) is 1.11. The molecule has 0 fully saturated rings. The van der Waals surface area contributed by atoms with E-state index in [0.29, 0.717) is 5.56 Å². The summed E-state index contributed by atoms with van der Waals surface area (Å²) >= 11 is 0. The molecule has 11 heteroatoms. The van der Waals surface area contributed by atoms with Crippen LogP contribution < -0.4 is 27.4 Å². The van der Waals surface area contributed by atoms with Gasteiger partial charge in [-0.1, -0.05) is 0 Å². The van der Waals surface area contributed by atoms with Crippen molar-refractivity contribution < 1.29 is 14.0 Å². The molecule has 0 saturated heterocycles. The van der Waals surface area contributed by atoms with E-state index in [4.69, 9.17) is 5.73 Å². The van der Waals surface area contributed by atoms with Crippen LogP contribution in [-0.4, -0.2) is 26.8 Å². The van der Waals surface area contributed by atoms with Crippen molar-refractivity contribution in [3.8, 4) is 0 Å². The highest BCUT2D eigenvalue weighted by Gasteiger charge is 2.11. The van der Waals surface area contributed by atoms with E-state index in [9.17, 15) is 14.0 Å². The van der Waals surface area contributed by atoms with Gasteiger partial charge in [0.1, 0.15) is 17.8 Å². The van der Waals surface area contributed by atoms with Gasteiger partial charge < -0.3 is 5.73 Å². The number of hydrogen-bond acceptors (Lipinski definition) is 8. The molecule has 0 bridgehead atoms. The van der Waals surface area contributed by atoms with Crippen molar-refractivity contribution in [1.29, 1.82) is 0 Å². The molecule has 1 aromatic carbocycles. The summed E-state index contributed by atoms with van der Waals surface area (Å²) in [6.45, 7) is 0. The largest absolute Gasteiger partial charge is 0.393 e. The first-order chi connectivity index (χ1) is 13.5. The van der Waals surface area contributed by atoms with Gasteiger partial charge in [-0.25, -0.2) is 14.4 Å². The molecule has 6 N–H and O–H groups in total. The number of anilines is 3. The minimum atomic E-state index is -0.515. The number of nitrogens with zero attached hydrogens (tertiary/aromatic N) is 3. The first kappa shape index (κ1) is 18.5. The van der Waals surface area contributed by atoms with Crippen LogP contribution in [0.1, 0.15) is 20.7 Å².